The van der Waals surface area contributed by atoms with E-state index in [9.17, 15) is 0 Å². The molecule has 0 aromatic heterocycles. The molecule has 12 heavy (non-hydrogen) atoms. The van der Waals surface area contributed by atoms with Crippen molar-refractivity contribution < 1.29 is 9.47 Å². The zero-order valence-electron chi connectivity index (χ0n) is 6.59. The zero-order chi connectivity index (χ0) is 7.71. The lowest BCUT2D eigenvalue weighted by molar-refractivity contribution is 0.0240. The molecule has 4 aliphatic heterocycles. The van der Waals surface area contributed by atoms with Gasteiger partial charge in [-0.1, -0.05) is 24.3 Å². The lowest BCUT2D eigenvalue weighted by Gasteiger charge is -2.21. The van der Waals surface area contributed by atoms with Crippen LogP contribution in [0.15, 0.2) is 24.3 Å². The molecule has 2 saturated heterocycles. The monoisotopic (exact) mass is 162 g/mol. The van der Waals surface area contributed by atoms with Crippen LogP contribution in [0.3, 0.4) is 0 Å². The Labute approximate surface area is 70.8 Å². The first kappa shape index (κ1) is 5.95. The van der Waals surface area contributed by atoms with Crippen molar-refractivity contribution in [1.82, 2.24) is 0 Å². The van der Waals surface area contributed by atoms with Gasteiger partial charge in [0.15, 0.2) is 0 Å². The van der Waals surface area contributed by atoms with E-state index in [1.54, 1.807) is 0 Å². The molecule has 4 heterocycles. The summed E-state index contributed by atoms with van der Waals surface area (Å²) in [5.74, 6) is 1.24. The predicted octanol–water partition coefficient (Wildman–Crippen LogP) is 0.893. The van der Waals surface area contributed by atoms with Crippen molar-refractivity contribution in [2.45, 2.75) is 24.4 Å². The molecule has 4 aliphatic rings. The van der Waals surface area contributed by atoms with Gasteiger partial charge in [0.25, 0.3) is 0 Å². The van der Waals surface area contributed by atoms with E-state index in [1.165, 1.54) is 0 Å². The third-order valence-electron chi connectivity index (χ3n) is 3.57. The molecule has 0 saturated carbocycles. The molecule has 0 N–H and O–H groups in total. The van der Waals surface area contributed by atoms with Crippen molar-refractivity contribution in [3.05, 3.63) is 24.3 Å². The van der Waals surface area contributed by atoms with Gasteiger partial charge in [-0.2, -0.15) is 0 Å². The molecule has 2 nitrogen and oxygen atoms in total. The molecule has 0 aromatic rings. The number of rotatable bonds is 0. The highest BCUT2D eigenvalue weighted by Crippen LogP contribution is 2.51. The van der Waals surface area contributed by atoms with E-state index in [0.717, 1.165) is 0 Å². The van der Waals surface area contributed by atoms with Gasteiger partial charge < -0.3 is 9.47 Å². The van der Waals surface area contributed by atoms with Crippen molar-refractivity contribution >= 4 is 0 Å². The summed E-state index contributed by atoms with van der Waals surface area (Å²) in [6, 6.07) is 0. The number of ether oxygens (including phenoxy) is 2. The quantitative estimate of drug-likeness (QED) is 0.492. The molecule has 2 heteroatoms. The van der Waals surface area contributed by atoms with Crippen LogP contribution in [0, 0.1) is 11.8 Å². The number of fused-ring (bicyclic) bond motifs is 9. The van der Waals surface area contributed by atoms with Crippen LogP contribution in [0.4, 0.5) is 0 Å². The van der Waals surface area contributed by atoms with Crippen molar-refractivity contribution in [3.63, 3.8) is 0 Å². The van der Waals surface area contributed by atoms with Crippen LogP contribution < -0.4 is 0 Å². The topological polar surface area (TPSA) is 18.5 Å². The first-order valence-electron chi connectivity index (χ1n) is 4.61. The second kappa shape index (κ2) is 1.68. The van der Waals surface area contributed by atoms with Crippen LogP contribution in [0.2, 0.25) is 0 Å². The molecule has 0 amide bonds. The number of hydrogen-bond donors (Lipinski definition) is 0. The molecule has 4 rings (SSSR count). The lowest BCUT2D eigenvalue weighted by atomic mass is 9.76. The maximum atomic E-state index is 5.79. The lowest BCUT2D eigenvalue weighted by Crippen LogP contribution is -2.30. The Balaban J connectivity index is 1.86. The summed E-state index contributed by atoms with van der Waals surface area (Å²) >= 11 is 0. The van der Waals surface area contributed by atoms with E-state index in [2.05, 4.69) is 24.3 Å². The van der Waals surface area contributed by atoms with E-state index >= 15 is 0 Å². The summed E-state index contributed by atoms with van der Waals surface area (Å²) in [6.45, 7) is 0. The van der Waals surface area contributed by atoms with E-state index in [0.29, 0.717) is 36.3 Å². The molecule has 4 unspecified atom stereocenters. The molecule has 6 atom stereocenters. The van der Waals surface area contributed by atoms with Crippen molar-refractivity contribution in [2.75, 3.05) is 0 Å². The standard InChI is InChI=1S/C10H10O2/c1-2-6-10-8-4-3-7(12-8)9(10)5(1)11-6/h1-10H/t5-,6+,7?,8?,9?,10?. The maximum Gasteiger partial charge on any atom is 0.0825 e. The highest BCUT2D eigenvalue weighted by atomic mass is 16.5. The van der Waals surface area contributed by atoms with Crippen LogP contribution in [-0.4, -0.2) is 24.4 Å². The van der Waals surface area contributed by atoms with Crippen LogP contribution in [-0.2, 0) is 9.47 Å². The number of hydrogen-bond acceptors (Lipinski definition) is 2. The summed E-state index contributed by atoms with van der Waals surface area (Å²) in [4.78, 5) is 0. The smallest absolute Gasteiger partial charge is 0.0825 e. The molecule has 0 aromatic carbocycles. The third kappa shape index (κ3) is 0.474. The van der Waals surface area contributed by atoms with Gasteiger partial charge >= 0.3 is 0 Å². The van der Waals surface area contributed by atoms with Crippen LogP contribution in [0.1, 0.15) is 0 Å². The molecule has 0 aliphatic carbocycles. The molecule has 0 spiro atoms. The van der Waals surface area contributed by atoms with E-state index in [4.69, 9.17) is 9.47 Å². The van der Waals surface area contributed by atoms with Gasteiger partial charge in [0, 0.05) is 11.8 Å². The van der Waals surface area contributed by atoms with Gasteiger partial charge in [-0.15, -0.1) is 0 Å². The minimum Gasteiger partial charge on any atom is -0.366 e. The fraction of sp³-hybridized carbons (Fsp3) is 0.600. The minimum absolute atomic E-state index is 0.347. The summed E-state index contributed by atoms with van der Waals surface area (Å²) in [6.07, 6.45) is 10.2. The molecular weight excluding hydrogens is 152 g/mol. The van der Waals surface area contributed by atoms with Crippen LogP contribution in [0.25, 0.3) is 0 Å². The fourth-order valence-electron chi connectivity index (χ4n) is 3.11. The average Bonchev–Trinajstić information content (AvgIpc) is 2.83. The molecule has 62 valence electrons. The molecule has 2 fully saturated rings. The summed E-state index contributed by atoms with van der Waals surface area (Å²) in [5.41, 5.74) is 0. The summed E-state index contributed by atoms with van der Waals surface area (Å²) in [7, 11) is 0. The molecular formula is C10H10O2. The van der Waals surface area contributed by atoms with Gasteiger partial charge in [-0.05, 0) is 0 Å². The fourth-order valence-corrected chi connectivity index (χ4v) is 3.11. The maximum absolute atomic E-state index is 5.79. The van der Waals surface area contributed by atoms with E-state index in [-0.39, 0.29) is 0 Å². The highest BCUT2D eigenvalue weighted by Gasteiger charge is 2.58. The summed E-state index contributed by atoms with van der Waals surface area (Å²) < 4.78 is 11.6. The highest BCUT2D eigenvalue weighted by molar-refractivity contribution is 5.27. The zero-order valence-corrected chi connectivity index (χ0v) is 6.59. The van der Waals surface area contributed by atoms with Crippen molar-refractivity contribution in [2.24, 2.45) is 11.8 Å². The molecule has 4 bridgehead atoms. The SMILES string of the molecule is C1=CC2OC1C1C2[C@H]2C=C[C@@H]1O2. The molecule has 0 radical (unpaired) electrons. The Morgan fingerprint density at radius 2 is 0.917 bits per heavy atom. The third-order valence-corrected chi connectivity index (χ3v) is 3.57. The largest absolute Gasteiger partial charge is 0.366 e. The van der Waals surface area contributed by atoms with Gasteiger partial charge in [0.2, 0.25) is 0 Å². The van der Waals surface area contributed by atoms with Crippen molar-refractivity contribution in [1.29, 1.82) is 0 Å². The van der Waals surface area contributed by atoms with Crippen LogP contribution >= 0.6 is 0 Å². The van der Waals surface area contributed by atoms with Gasteiger partial charge in [-0.25, -0.2) is 0 Å². The minimum atomic E-state index is 0.347. The second-order valence-electron chi connectivity index (χ2n) is 4.06. The Morgan fingerprint density at radius 3 is 1.25 bits per heavy atom. The van der Waals surface area contributed by atoms with E-state index < -0.39 is 0 Å². The Kier molecular flexibility index (Phi) is 0.832. The van der Waals surface area contributed by atoms with Crippen molar-refractivity contribution in [3.8, 4) is 0 Å². The van der Waals surface area contributed by atoms with Gasteiger partial charge in [0.1, 0.15) is 0 Å². The first-order valence-corrected chi connectivity index (χ1v) is 4.61. The summed E-state index contributed by atoms with van der Waals surface area (Å²) in [5, 5.41) is 0. The Morgan fingerprint density at radius 1 is 0.583 bits per heavy atom. The van der Waals surface area contributed by atoms with E-state index in [1.807, 2.05) is 0 Å². The van der Waals surface area contributed by atoms with Crippen LogP contribution in [0.5, 0.6) is 0 Å². The first-order chi connectivity index (χ1) is 5.93. The second-order valence-corrected chi connectivity index (χ2v) is 4.06. The Bertz CT molecular complexity index is 240. The normalized spacial score (nSPS) is 63.3. The predicted molar refractivity (Wildman–Crippen MR) is 42.6 cm³/mol. The van der Waals surface area contributed by atoms with Gasteiger partial charge in [0.05, 0.1) is 24.4 Å². The van der Waals surface area contributed by atoms with Gasteiger partial charge in [-0.3, -0.25) is 0 Å². The average molecular weight is 162 g/mol. The Hall–Kier alpha value is -0.600.